The van der Waals surface area contributed by atoms with Crippen LogP contribution >= 0.6 is 0 Å². The topological polar surface area (TPSA) is 89.2 Å². The lowest BCUT2D eigenvalue weighted by atomic mass is 10.3. The van der Waals surface area contributed by atoms with E-state index in [1.165, 1.54) is 7.11 Å². The van der Waals surface area contributed by atoms with E-state index in [0.717, 1.165) is 0 Å². The third-order valence-corrected chi connectivity index (χ3v) is 2.83. The molecule has 1 rings (SSSR count). The largest absolute Gasteiger partial charge is 0.495 e. The Hall–Kier alpha value is -2.57. The molecule has 1 N–H and O–H groups in total. The summed E-state index contributed by atoms with van der Waals surface area (Å²) in [5.41, 5.74) is 0.602. The Balaban J connectivity index is 2.60. The number of anilines is 1. The van der Waals surface area contributed by atoms with E-state index >= 15 is 0 Å². The zero-order valence-electron chi connectivity index (χ0n) is 12.0. The number of rotatable bonds is 8. The lowest BCUT2D eigenvalue weighted by Gasteiger charge is -2.19. The Kier molecular flexibility index (Phi) is 7.34. The van der Waals surface area contributed by atoms with Gasteiger partial charge in [0.2, 0.25) is 5.91 Å². The van der Waals surface area contributed by atoms with Crippen LogP contribution in [0, 0.1) is 22.7 Å². The van der Waals surface area contributed by atoms with Gasteiger partial charge in [-0.2, -0.15) is 10.5 Å². The molecule has 1 aromatic carbocycles. The fourth-order valence-electron chi connectivity index (χ4n) is 1.83. The highest BCUT2D eigenvalue weighted by Gasteiger charge is 2.12. The van der Waals surface area contributed by atoms with Gasteiger partial charge in [-0.1, -0.05) is 12.1 Å². The lowest BCUT2D eigenvalue weighted by Crippen LogP contribution is -2.34. The number of nitriles is 2. The minimum Gasteiger partial charge on any atom is -0.495 e. The smallest absolute Gasteiger partial charge is 0.238 e. The third kappa shape index (κ3) is 5.94. The van der Waals surface area contributed by atoms with Crippen LogP contribution in [0.25, 0.3) is 0 Å². The number of hydrogen-bond acceptors (Lipinski definition) is 5. The molecule has 1 aromatic rings. The van der Waals surface area contributed by atoms with Crippen molar-refractivity contribution in [2.24, 2.45) is 0 Å². The molecule has 0 fully saturated rings. The van der Waals surface area contributed by atoms with Crippen LogP contribution in [0.4, 0.5) is 5.69 Å². The van der Waals surface area contributed by atoms with E-state index in [4.69, 9.17) is 15.3 Å². The molecule has 0 aromatic heterocycles. The monoisotopic (exact) mass is 286 g/mol. The molecule has 0 saturated heterocycles. The minimum atomic E-state index is -0.199. The summed E-state index contributed by atoms with van der Waals surface area (Å²) in [6.07, 6.45) is 0.654. The van der Waals surface area contributed by atoms with Crippen LogP contribution in [-0.4, -0.2) is 37.6 Å². The number of nitrogens with zero attached hydrogens (tertiary/aromatic N) is 3. The van der Waals surface area contributed by atoms with Crippen molar-refractivity contribution >= 4 is 11.6 Å². The van der Waals surface area contributed by atoms with Crippen LogP contribution in [0.1, 0.15) is 12.8 Å². The first-order valence-electron chi connectivity index (χ1n) is 6.60. The molecule has 1 amide bonds. The molecule has 6 nitrogen and oxygen atoms in total. The highest BCUT2D eigenvalue weighted by molar-refractivity contribution is 5.93. The number of hydrogen-bond donors (Lipinski definition) is 1. The number of methoxy groups -OCH3 is 1. The summed E-state index contributed by atoms with van der Waals surface area (Å²) >= 11 is 0. The minimum absolute atomic E-state index is 0.140. The number of carbonyl (C=O) groups is 1. The molecule has 0 saturated carbocycles. The Morgan fingerprint density at radius 2 is 1.86 bits per heavy atom. The van der Waals surface area contributed by atoms with Crippen molar-refractivity contribution in [3.8, 4) is 17.9 Å². The predicted molar refractivity (Wildman–Crippen MR) is 78.5 cm³/mol. The molecule has 0 atom stereocenters. The maximum absolute atomic E-state index is 12.0. The van der Waals surface area contributed by atoms with E-state index < -0.39 is 0 Å². The second-order valence-corrected chi connectivity index (χ2v) is 4.34. The Bertz CT molecular complexity index is 527. The maximum atomic E-state index is 12.0. The molecule has 0 aliphatic rings. The molecule has 0 unspecified atom stereocenters. The number of nitrogens with one attached hydrogen (secondary N) is 1. The van der Waals surface area contributed by atoms with Crippen molar-refractivity contribution in [2.45, 2.75) is 12.8 Å². The first kappa shape index (κ1) is 16.5. The van der Waals surface area contributed by atoms with E-state index in [1.54, 1.807) is 23.1 Å². The normalized spacial score (nSPS) is 9.71. The predicted octanol–water partition coefficient (Wildman–Crippen LogP) is 1.76. The second kappa shape index (κ2) is 9.35. The summed E-state index contributed by atoms with van der Waals surface area (Å²) in [6, 6.07) is 11.2. The van der Waals surface area contributed by atoms with Gasteiger partial charge in [-0.05, 0) is 12.1 Å². The first-order chi connectivity index (χ1) is 10.2. The Labute approximate surface area is 124 Å². The van der Waals surface area contributed by atoms with Gasteiger partial charge in [0.25, 0.3) is 0 Å². The zero-order valence-corrected chi connectivity index (χ0v) is 12.0. The molecular formula is C15H18N4O2. The van der Waals surface area contributed by atoms with Gasteiger partial charge < -0.3 is 10.1 Å². The fraction of sp³-hybridized carbons (Fsp3) is 0.400. The summed E-state index contributed by atoms with van der Waals surface area (Å²) in [4.78, 5) is 13.8. The SMILES string of the molecule is COc1ccccc1NC(=O)CN(CCC#N)CCC#N. The summed E-state index contributed by atoms with van der Waals surface area (Å²) in [6.45, 7) is 1.08. The van der Waals surface area contributed by atoms with Crippen molar-refractivity contribution in [1.82, 2.24) is 4.90 Å². The Morgan fingerprint density at radius 1 is 1.24 bits per heavy atom. The molecule has 0 heterocycles. The molecule has 0 bridgehead atoms. The average molecular weight is 286 g/mol. The number of para-hydroxylation sites is 2. The van der Waals surface area contributed by atoms with Crippen molar-refractivity contribution in [3.63, 3.8) is 0 Å². The average Bonchev–Trinajstić information content (AvgIpc) is 2.50. The maximum Gasteiger partial charge on any atom is 0.238 e. The van der Waals surface area contributed by atoms with Gasteiger partial charge in [0, 0.05) is 25.9 Å². The molecule has 6 heteroatoms. The zero-order chi connectivity index (χ0) is 15.5. The van der Waals surface area contributed by atoms with E-state index in [9.17, 15) is 4.79 Å². The van der Waals surface area contributed by atoms with Gasteiger partial charge in [0.15, 0.2) is 0 Å². The van der Waals surface area contributed by atoms with Crippen LogP contribution in [0.3, 0.4) is 0 Å². The van der Waals surface area contributed by atoms with Crippen molar-refractivity contribution < 1.29 is 9.53 Å². The van der Waals surface area contributed by atoms with Gasteiger partial charge in [-0.3, -0.25) is 9.69 Å². The van der Waals surface area contributed by atoms with Crippen molar-refractivity contribution in [1.29, 1.82) is 10.5 Å². The van der Waals surface area contributed by atoms with Crippen molar-refractivity contribution in [3.05, 3.63) is 24.3 Å². The summed E-state index contributed by atoms with van der Waals surface area (Å²) in [5.74, 6) is 0.391. The fourth-order valence-corrected chi connectivity index (χ4v) is 1.83. The summed E-state index contributed by atoms with van der Waals surface area (Å²) in [7, 11) is 1.54. The van der Waals surface area contributed by atoms with Crippen LogP contribution in [-0.2, 0) is 4.79 Å². The molecule has 21 heavy (non-hydrogen) atoms. The molecule has 0 spiro atoms. The first-order valence-corrected chi connectivity index (χ1v) is 6.60. The van der Waals surface area contributed by atoms with Gasteiger partial charge in [0.1, 0.15) is 5.75 Å². The molecule has 110 valence electrons. The van der Waals surface area contributed by atoms with Crippen LogP contribution < -0.4 is 10.1 Å². The number of amides is 1. The van der Waals surface area contributed by atoms with E-state index in [1.807, 2.05) is 18.2 Å². The number of ether oxygens (including phenoxy) is 1. The molecule has 0 radical (unpaired) electrons. The quantitative estimate of drug-likeness (QED) is 0.786. The third-order valence-electron chi connectivity index (χ3n) is 2.83. The number of benzene rings is 1. The molecular weight excluding hydrogens is 268 g/mol. The molecule has 0 aliphatic heterocycles. The van der Waals surface area contributed by atoms with Gasteiger partial charge >= 0.3 is 0 Å². The van der Waals surface area contributed by atoms with Crippen LogP contribution in [0.15, 0.2) is 24.3 Å². The van der Waals surface area contributed by atoms with Crippen LogP contribution in [0.2, 0.25) is 0 Å². The van der Waals surface area contributed by atoms with Gasteiger partial charge in [0.05, 0.1) is 31.5 Å². The molecule has 0 aliphatic carbocycles. The van der Waals surface area contributed by atoms with E-state index in [-0.39, 0.29) is 12.5 Å². The lowest BCUT2D eigenvalue weighted by molar-refractivity contribution is -0.117. The summed E-state index contributed by atoms with van der Waals surface area (Å²) in [5, 5.41) is 20.0. The standard InChI is InChI=1S/C15H18N4O2/c1-21-14-7-3-2-6-13(14)18-15(20)12-19(10-4-8-16)11-5-9-17/h2-3,6-7H,4-5,10-12H2,1H3,(H,18,20). The van der Waals surface area contributed by atoms with Crippen molar-refractivity contribution in [2.75, 3.05) is 32.1 Å². The highest BCUT2D eigenvalue weighted by Crippen LogP contribution is 2.22. The Morgan fingerprint density at radius 3 is 2.43 bits per heavy atom. The number of carbonyl (C=O) groups excluding carboxylic acids is 1. The van der Waals surface area contributed by atoms with Crippen LogP contribution in [0.5, 0.6) is 5.75 Å². The summed E-state index contributed by atoms with van der Waals surface area (Å²) < 4.78 is 5.17. The van der Waals surface area contributed by atoms with Gasteiger partial charge in [-0.25, -0.2) is 0 Å². The second-order valence-electron chi connectivity index (χ2n) is 4.34. The highest BCUT2D eigenvalue weighted by atomic mass is 16.5. The van der Waals surface area contributed by atoms with E-state index in [0.29, 0.717) is 37.4 Å². The van der Waals surface area contributed by atoms with Gasteiger partial charge in [-0.15, -0.1) is 0 Å². The van der Waals surface area contributed by atoms with E-state index in [2.05, 4.69) is 5.32 Å².